The quantitative estimate of drug-likeness (QED) is 0.457. The number of aromatic nitrogens is 1. The second-order valence-corrected chi connectivity index (χ2v) is 8.37. The van der Waals surface area contributed by atoms with Crippen molar-refractivity contribution in [3.8, 4) is 0 Å². The smallest absolute Gasteiger partial charge is 0.200 e. The summed E-state index contributed by atoms with van der Waals surface area (Å²) >= 11 is 7.41. The van der Waals surface area contributed by atoms with Gasteiger partial charge in [-0.1, -0.05) is 35.9 Å². The lowest BCUT2D eigenvalue weighted by molar-refractivity contribution is 0.103. The van der Waals surface area contributed by atoms with Crippen molar-refractivity contribution in [2.45, 2.75) is 20.4 Å². The van der Waals surface area contributed by atoms with Crippen LogP contribution in [0.5, 0.6) is 0 Å². The second-order valence-electron chi connectivity index (χ2n) is 6.75. The average molecular weight is 428 g/mol. The lowest BCUT2D eigenvalue weighted by atomic mass is 9.99. The molecule has 0 aliphatic rings. The highest BCUT2D eigenvalue weighted by Gasteiger charge is 2.18. The summed E-state index contributed by atoms with van der Waals surface area (Å²) in [6, 6.07) is 12.6. The van der Waals surface area contributed by atoms with Gasteiger partial charge in [-0.2, -0.15) is 0 Å². The molecule has 1 heterocycles. The van der Waals surface area contributed by atoms with E-state index in [9.17, 15) is 9.59 Å². The fourth-order valence-corrected chi connectivity index (χ4v) is 3.74. The van der Waals surface area contributed by atoms with Gasteiger partial charge in [-0.25, -0.2) is 0 Å². The van der Waals surface area contributed by atoms with Gasteiger partial charge in [-0.3, -0.25) is 14.3 Å². The summed E-state index contributed by atoms with van der Waals surface area (Å²) in [5.74, 6) is -0.309. The van der Waals surface area contributed by atoms with Crippen LogP contribution >= 0.6 is 23.5 Å². The minimum absolute atomic E-state index is 0.108. The van der Waals surface area contributed by atoms with Crippen LogP contribution in [0.15, 0.2) is 63.5 Å². The van der Waals surface area contributed by atoms with Crippen LogP contribution < -0.4 is 15.9 Å². The van der Waals surface area contributed by atoms with Crippen LogP contribution in [0.2, 0.25) is 0 Å². The van der Waals surface area contributed by atoms with E-state index in [0.29, 0.717) is 26.5 Å². The fourth-order valence-electron chi connectivity index (χ4n) is 3.08. The molecule has 29 heavy (non-hydrogen) atoms. The van der Waals surface area contributed by atoms with Gasteiger partial charge < -0.3 is 10.3 Å². The molecule has 1 aromatic heterocycles. The van der Waals surface area contributed by atoms with E-state index in [-0.39, 0.29) is 23.3 Å². The van der Waals surface area contributed by atoms with Crippen molar-refractivity contribution in [3.63, 3.8) is 0 Å². The first kappa shape index (κ1) is 21.2. The van der Waals surface area contributed by atoms with Crippen LogP contribution in [0, 0.1) is 13.8 Å². The Morgan fingerprint density at radius 1 is 1.17 bits per heavy atom. The number of allylic oxidation sites excluding steroid dienone is 1. The lowest BCUT2D eigenvalue weighted by Crippen LogP contribution is -2.21. The minimum Gasteiger partial charge on any atom is -0.399 e. The summed E-state index contributed by atoms with van der Waals surface area (Å²) in [6.07, 6.45) is 1.57. The molecule has 0 atom stereocenters. The van der Waals surface area contributed by atoms with Gasteiger partial charge in [-0.05, 0) is 62.2 Å². The summed E-state index contributed by atoms with van der Waals surface area (Å²) in [6.45, 7) is 4.17. The van der Waals surface area contributed by atoms with Gasteiger partial charge in [-0.15, -0.1) is 0 Å². The van der Waals surface area contributed by atoms with Gasteiger partial charge in [0.1, 0.15) is 4.36 Å². The highest BCUT2D eigenvalue weighted by Crippen LogP contribution is 2.21. The number of nitrogens with two attached hydrogens (primary N) is 1. The molecule has 0 aliphatic carbocycles. The molecule has 0 unspecified atom stereocenters. The highest BCUT2D eigenvalue weighted by molar-refractivity contribution is 8.02. The lowest BCUT2D eigenvalue weighted by Gasteiger charge is -2.14. The van der Waals surface area contributed by atoms with Crippen LogP contribution in [-0.2, 0) is 6.54 Å². The number of nitrogens with one attached hydrogen (secondary N) is 1. The molecule has 7 heteroatoms. The van der Waals surface area contributed by atoms with E-state index in [2.05, 4.69) is 4.72 Å². The van der Waals surface area contributed by atoms with Crippen LogP contribution in [0.1, 0.15) is 27.0 Å². The third kappa shape index (κ3) is 4.40. The first-order valence-corrected chi connectivity index (χ1v) is 10.2. The number of benzene rings is 2. The highest BCUT2D eigenvalue weighted by atomic mass is 35.5. The molecule has 0 bridgehead atoms. The molecule has 3 rings (SSSR count). The summed E-state index contributed by atoms with van der Waals surface area (Å²) < 4.78 is 5.08. The molecule has 3 N–H and O–H groups in total. The van der Waals surface area contributed by atoms with Gasteiger partial charge in [0.05, 0.1) is 23.3 Å². The molecular weight excluding hydrogens is 406 g/mol. The van der Waals surface area contributed by atoms with E-state index >= 15 is 0 Å². The molecule has 0 radical (unpaired) electrons. The number of hydrogen-bond donors (Lipinski definition) is 2. The van der Waals surface area contributed by atoms with E-state index in [1.54, 1.807) is 36.0 Å². The fraction of sp³-hybridized carbons (Fsp3) is 0.182. The maximum Gasteiger partial charge on any atom is 0.200 e. The predicted octanol–water partition coefficient (Wildman–Crippen LogP) is 4.08. The van der Waals surface area contributed by atoms with E-state index in [1.165, 1.54) is 11.9 Å². The molecule has 0 saturated carbocycles. The van der Waals surface area contributed by atoms with Crippen molar-refractivity contribution in [2.24, 2.45) is 5.73 Å². The predicted molar refractivity (Wildman–Crippen MR) is 121 cm³/mol. The topological polar surface area (TPSA) is 77.1 Å². The number of aryl methyl sites for hydroxylation is 2. The Bertz CT molecular complexity index is 1180. The summed E-state index contributed by atoms with van der Waals surface area (Å²) in [4.78, 5) is 26.2. The molecule has 150 valence electrons. The van der Waals surface area contributed by atoms with Gasteiger partial charge >= 0.3 is 0 Å². The van der Waals surface area contributed by atoms with E-state index in [1.807, 2.05) is 38.1 Å². The van der Waals surface area contributed by atoms with Gasteiger partial charge in [0.25, 0.3) is 0 Å². The molecule has 5 nitrogen and oxygen atoms in total. The van der Waals surface area contributed by atoms with Crippen molar-refractivity contribution >= 4 is 40.2 Å². The first-order valence-electron chi connectivity index (χ1n) is 9.05. The Morgan fingerprint density at radius 2 is 1.90 bits per heavy atom. The zero-order valence-corrected chi connectivity index (χ0v) is 18.0. The maximum atomic E-state index is 13.2. The van der Waals surface area contributed by atoms with Gasteiger partial charge in [0.15, 0.2) is 5.78 Å². The number of hydrogen-bond acceptors (Lipinski definition) is 5. The van der Waals surface area contributed by atoms with Gasteiger partial charge in [0, 0.05) is 17.1 Å². The molecule has 0 saturated heterocycles. The maximum absolute atomic E-state index is 13.2. The third-order valence-electron chi connectivity index (χ3n) is 4.79. The zero-order valence-electron chi connectivity index (χ0n) is 16.5. The van der Waals surface area contributed by atoms with E-state index in [4.69, 9.17) is 17.3 Å². The Labute approximate surface area is 178 Å². The van der Waals surface area contributed by atoms with Crippen LogP contribution in [0.25, 0.3) is 10.9 Å². The zero-order chi connectivity index (χ0) is 21.1. The summed E-state index contributed by atoms with van der Waals surface area (Å²) in [7, 11) is 1.75. The Hall–Kier alpha value is -2.54. The SMILES string of the molecule is CNS/C(Cl)=C(\N)Cn1cc(C(=O)c2ccc(C)c(C)c2)c(=O)c2ccccc21. The third-order valence-corrected chi connectivity index (χ3v) is 5.91. The number of rotatable bonds is 6. The Kier molecular flexibility index (Phi) is 6.47. The number of carbonyl (C=O) groups is 1. The van der Waals surface area contributed by atoms with E-state index < -0.39 is 0 Å². The number of fused-ring (bicyclic) bond motifs is 1. The largest absolute Gasteiger partial charge is 0.399 e. The molecule has 3 aromatic rings. The van der Waals surface area contributed by atoms with Crippen molar-refractivity contribution in [1.82, 2.24) is 9.29 Å². The first-order chi connectivity index (χ1) is 13.8. The van der Waals surface area contributed by atoms with Crippen LogP contribution in [0.4, 0.5) is 0 Å². The molecule has 2 aromatic carbocycles. The molecule has 0 spiro atoms. The molecule has 0 amide bonds. The normalized spacial score (nSPS) is 12.1. The average Bonchev–Trinajstić information content (AvgIpc) is 2.71. The molecule has 0 fully saturated rings. The van der Waals surface area contributed by atoms with Gasteiger partial charge in [0.2, 0.25) is 5.43 Å². The van der Waals surface area contributed by atoms with Crippen molar-refractivity contribution < 1.29 is 4.79 Å². The van der Waals surface area contributed by atoms with Crippen molar-refractivity contribution in [3.05, 3.63) is 91.2 Å². The number of halogens is 1. The van der Waals surface area contributed by atoms with E-state index in [0.717, 1.165) is 11.1 Å². The molecule has 0 aliphatic heterocycles. The number of carbonyl (C=O) groups excluding carboxylic acids is 1. The summed E-state index contributed by atoms with van der Waals surface area (Å²) in [5.41, 5.74) is 9.66. The monoisotopic (exact) mass is 427 g/mol. The standard InChI is InChI=1S/C22H22ClN3O2S/c1-13-8-9-15(10-14(13)2)20(27)17-11-26(12-18(24)22(23)29-25-3)19-7-5-4-6-16(19)21(17)28/h4-11,25H,12,24H2,1-3H3/b22-18-. The number of pyridine rings is 1. The molecular formula is C22H22ClN3O2S. The number of ketones is 1. The van der Waals surface area contributed by atoms with Crippen molar-refractivity contribution in [2.75, 3.05) is 7.05 Å². The minimum atomic E-state index is -0.309. The number of para-hydroxylation sites is 1. The number of nitrogens with zero attached hydrogens (tertiary/aromatic N) is 1. The Balaban J connectivity index is 2.17. The summed E-state index contributed by atoms with van der Waals surface area (Å²) in [5, 5.41) is 0.465. The second kappa shape index (κ2) is 8.86. The van der Waals surface area contributed by atoms with Crippen molar-refractivity contribution in [1.29, 1.82) is 0 Å². The Morgan fingerprint density at radius 3 is 2.59 bits per heavy atom. The van der Waals surface area contributed by atoms with Crippen LogP contribution in [0.3, 0.4) is 0 Å². The van der Waals surface area contributed by atoms with Crippen LogP contribution in [-0.4, -0.2) is 17.4 Å².